The third kappa shape index (κ3) is 27.4. The maximum atomic E-state index is 15.0. The number of benzene rings is 2. The van der Waals surface area contributed by atoms with Crippen LogP contribution in [-0.4, -0.2) is 226 Å². The van der Waals surface area contributed by atoms with Gasteiger partial charge in [-0.2, -0.15) is 0 Å². The number of likely N-dealkylation sites (N-methyl/N-ethyl adjacent to an activating group) is 3. The largest absolute Gasteiger partial charge is 0.494 e. The molecule has 0 aromatic heterocycles. The molecule has 0 spiro atoms. The summed E-state index contributed by atoms with van der Waals surface area (Å²) in [7, 11) is 10.9. The highest BCUT2D eigenvalue weighted by Crippen LogP contribution is 2.33. The molecule has 584 valence electrons. The van der Waals surface area contributed by atoms with Gasteiger partial charge in [0.1, 0.15) is 18.5 Å². The average Bonchev–Trinajstić information content (AvgIpc) is 1.74. The molecule has 28 heteroatoms. The summed E-state index contributed by atoms with van der Waals surface area (Å²) in [6.45, 7) is 16.2. The number of halogens is 1. The first-order valence-electron chi connectivity index (χ1n) is 36.6. The highest BCUT2D eigenvalue weighted by atomic mass is 19.1. The van der Waals surface area contributed by atoms with Crippen molar-refractivity contribution in [2.75, 3.05) is 82.2 Å². The molecule has 0 saturated carbocycles. The first kappa shape index (κ1) is 88.9. The van der Waals surface area contributed by atoms with E-state index in [0.717, 1.165) is 11.0 Å². The Kier molecular flexibility index (Phi) is 37.1. The van der Waals surface area contributed by atoms with Crippen molar-refractivity contribution in [2.45, 2.75) is 201 Å². The SMILES string of the molecule is CC[C@H](C)[C@@H]([C@@H](CC(=O)N1C[C@@H](OC(=O)NCCN(C)C(=O)OCc2ccc(CC(=O)[C@H](CCCCC(N)=O)NC(=O)[C@@H](CC(=O)CCCCCN3C(=O)C=CC3=O)C(C)C)cc2)C[C@H]1[C@H](OC)[C@@H](C)C(=O)NCC(=O)c1ccc(OC)c(F)c1)OC)N(C)C(=O)[C@@H](CC(=O)[C@H](C(C)C)N(C)C)C(C)C. The molecule has 2 aromatic rings. The first-order valence-corrected chi connectivity index (χ1v) is 36.6. The van der Waals surface area contributed by atoms with Crippen molar-refractivity contribution in [1.29, 1.82) is 0 Å². The monoisotopic (exact) mass is 1470 g/mol. The maximum absolute atomic E-state index is 15.0. The molecule has 0 unspecified atom stereocenters. The number of hydrogen-bond acceptors (Lipinski definition) is 19. The van der Waals surface area contributed by atoms with Crippen LogP contribution in [0.2, 0.25) is 0 Å². The lowest BCUT2D eigenvalue weighted by atomic mass is 9.83. The zero-order valence-electron chi connectivity index (χ0n) is 64.5. The fourth-order valence-corrected chi connectivity index (χ4v) is 13.7. The Bertz CT molecular complexity index is 3300. The highest BCUT2D eigenvalue weighted by Gasteiger charge is 2.47. The van der Waals surface area contributed by atoms with Crippen LogP contribution in [0.15, 0.2) is 54.6 Å². The van der Waals surface area contributed by atoms with Crippen molar-refractivity contribution in [1.82, 2.24) is 40.4 Å². The molecule has 2 heterocycles. The number of imide groups is 1. The van der Waals surface area contributed by atoms with Crippen LogP contribution in [0.5, 0.6) is 5.75 Å². The van der Waals surface area contributed by atoms with E-state index in [-0.39, 0.29) is 154 Å². The fourth-order valence-electron chi connectivity index (χ4n) is 13.7. The lowest BCUT2D eigenvalue weighted by Crippen LogP contribution is -2.54. The first-order chi connectivity index (χ1) is 49.6. The Morgan fingerprint density at radius 1 is 0.714 bits per heavy atom. The predicted octanol–water partition coefficient (Wildman–Crippen LogP) is 7.20. The van der Waals surface area contributed by atoms with Crippen molar-refractivity contribution in [3.63, 3.8) is 0 Å². The number of nitrogens with one attached hydrogen (secondary N) is 3. The number of primary amides is 1. The van der Waals surface area contributed by atoms with E-state index in [9.17, 15) is 61.9 Å². The smallest absolute Gasteiger partial charge is 0.409 e. The molecule has 1 fully saturated rings. The molecule has 9 amide bonds. The molecule has 0 bridgehead atoms. The van der Waals surface area contributed by atoms with Crippen molar-refractivity contribution in [2.24, 2.45) is 47.2 Å². The van der Waals surface area contributed by atoms with E-state index in [0.29, 0.717) is 49.7 Å². The summed E-state index contributed by atoms with van der Waals surface area (Å²) in [5, 5.41) is 8.15. The topological polar surface area (TPSA) is 346 Å². The molecule has 105 heavy (non-hydrogen) atoms. The summed E-state index contributed by atoms with van der Waals surface area (Å²) in [5.74, 6) is -8.01. The van der Waals surface area contributed by atoms with Gasteiger partial charge in [0.25, 0.3) is 11.8 Å². The van der Waals surface area contributed by atoms with Gasteiger partial charge in [-0.25, -0.2) is 14.0 Å². The molecule has 2 aliphatic rings. The minimum absolute atomic E-state index is 0.00199. The van der Waals surface area contributed by atoms with E-state index in [1.807, 2.05) is 74.4 Å². The number of nitrogens with two attached hydrogens (primary N) is 1. The number of carbonyl (C=O) groups is 13. The summed E-state index contributed by atoms with van der Waals surface area (Å²) in [6.07, 6.45) is 1.16. The lowest BCUT2D eigenvalue weighted by Gasteiger charge is -2.41. The number of alkyl carbamates (subject to hydrolysis) is 1. The second-order valence-corrected chi connectivity index (χ2v) is 29.0. The van der Waals surface area contributed by atoms with E-state index in [4.69, 9.17) is 29.4 Å². The number of unbranched alkanes of at least 4 members (excludes halogenated alkanes) is 3. The number of ketones is 4. The Balaban J connectivity index is 1.42. The Morgan fingerprint density at radius 2 is 1.35 bits per heavy atom. The van der Waals surface area contributed by atoms with Crippen molar-refractivity contribution < 1.29 is 90.4 Å². The van der Waals surface area contributed by atoms with Crippen molar-refractivity contribution in [3.05, 3.63) is 77.1 Å². The Hall–Kier alpha value is -8.50. The number of carbonyl (C=O) groups excluding carboxylic acids is 13. The number of methoxy groups -OCH3 is 3. The van der Waals surface area contributed by atoms with Gasteiger partial charge in [0.15, 0.2) is 28.9 Å². The molecule has 11 atom stereocenters. The minimum Gasteiger partial charge on any atom is -0.494 e. The van der Waals surface area contributed by atoms with Gasteiger partial charge in [0.05, 0.1) is 68.9 Å². The van der Waals surface area contributed by atoms with Crippen LogP contribution in [0, 0.1) is 47.2 Å². The number of likely N-dealkylation sites (tertiary alicyclic amines) is 1. The minimum atomic E-state index is -1.05. The Morgan fingerprint density at radius 3 is 1.92 bits per heavy atom. The van der Waals surface area contributed by atoms with E-state index in [2.05, 4.69) is 16.0 Å². The zero-order chi connectivity index (χ0) is 78.5. The summed E-state index contributed by atoms with van der Waals surface area (Å²) in [6, 6.07) is 7.54. The summed E-state index contributed by atoms with van der Waals surface area (Å²) in [4.78, 5) is 181. The van der Waals surface area contributed by atoms with Crippen molar-refractivity contribution in [3.8, 4) is 5.75 Å². The van der Waals surface area contributed by atoms with E-state index in [1.165, 1.54) is 62.5 Å². The van der Waals surface area contributed by atoms with Crippen LogP contribution in [0.3, 0.4) is 0 Å². The van der Waals surface area contributed by atoms with E-state index in [1.54, 1.807) is 43.1 Å². The molecule has 27 nitrogen and oxygen atoms in total. The molecule has 0 radical (unpaired) electrons. The number of hydrogen-bond donors (Lipinski definition) is 4. The van der Waals surface area contributed by atoms with Crippen LogP contribution < -0.4 is 26.4 Å². The molecule has 0 aliphatic carbocycles. The summed E-state index contributed by atoms with van der Waals surface area (Å²) < 4.78 is 43.2. The van der Waals surface area contributed by atoms with Gasteiger partial charge >= 0.3 is 12.2 Å². The number of nitrogens with zero attached hydrogens (tertiary/aromatic N) is 5. The third-order valence-corrected chi connectivity index (χ3v) is 20.0. The Labute approximate surface area is 618 Å². The molecule has 2 aliphatic heterocycles. The second kappa shape index (κ2) is 43.8. The highest BCUT2D eigenvalue weighted by molar-refractivity contribution is 6.12. The lowest BCUT2D eigenvalue weighted by molar-refractivity contribution is -0.149. The predicted molar refractivity (Wildman–Crippen MR) is 390 cm³/mol. The molecule has 1 saturated heterocycles. The molecule has 4 rings (SSSR count). The standard InChI is InChI=1S/C77H116FN9O18/c1-17-49(8)71(85(13)75(98)57(47(4)5)41-62(90)70(48(6)7)83(10)11)65(102-15)42-69(95)87-44-55(40-60(87)72(103-16)50(9)73(96)81-43-63(91)53-30-31-64(101-14)58(78)38-53)105-76(99)80-34-36-84(12)77(100)104-45-52-28-26-51(27-29-52)37-61(89)59(24-20-21-25-66(79)92)82-74(97)56(46(2)3)39-54(88)23-19-18-22-35-86-67(93)32-33-68(86)94/h26-33,38,46-50,55-57,59-60,65,70-72H,17-25,34-37,39-45H2,1-16H3,(H2,79,92)(H,80,99)(H,81,96)(H,82,97)/t49-,50+,55-,56-,57-,59-,60-,65+,70-,71-,72+/m0/s1. The second-order valence-electron chi connectivity index (χ2n) is 29.0. The van der Waals surface area contributed by atoms with Crippen LogP contribution in [0.4, 0.5) is 14.0 Å². The fraction of sp³-hybridized carbons (Fsp3) is 0.649. The number of ether oxygens (including phenoxy) is 5. The number of rotatable bonds is 47. The quantitative estimate of drug-likeness (QED) is 0.0289. The molecular weight excluding hydrogens is 1360 g/mol. The van der Waals surface area contributed by atoms with E-state index < -0.39 is 114 Å². The van der Waals surface area contributed by atoms with Gasteiger partial charge in [-0.1, -0.05) is 106 Å². The van der Waals surface area contributed by atoms with Gasteiger partial charge < -0.3 is 60.1 Å². The normalized spacial score (nSPS) is 17.0. The third-order valence-electron chi connectivity index (χ3n) is 20.0. The summed E-state index contributed by atoms with van der Waals surface area (Å²) in [5.41, 5.74) is 6.56. The van der Waals surface area contributed by atoms with Gasteiger partial charge in [0, 0.05) is 116 Å². The van der Waals surface area contributed by atoms with Gasteiger partial charge in [0.2, 0.25) is 29.5 Å². The zero-order valence-corrected chi connectivity index (χ0v) is 64.5. The van der Waals surface area contributed by atoms with Crippen LogP contribution in [-0.2, 0) is 79.9 Å². The van der Waals surface area contributed by atoms with E-state index >= 15 is 4.79 Å². The van der Waals surface area contributed by atoms with Crippen LogP contribution in [0.25, 0.3) is 0 Å². The van der Waals surface area contributed by atoms with Crippen LogP contribution in [0.1, 0.15) is 167 Å². The summed E-state index contributed by atoms with van der Waals surface area (Å²) >= 11 is 0. The van der Waals surface area contributed by atoms with Crippen molar-refractivity contribution >= 4 is 76.7 Å². The molecule has 5 N–H and O–H groups in total. The van der Waals surface area contributed by atoms with Gasteiger partial charge in [-0.05, 0) is 92.8 Å². The number of Topliss-reactive ketones (excluding diaryl/α,β-unsaturated/α-hetero) is 4. The maximum Gasteiger partial charge on any atom is 0.409 e. The molecule has 2 aromatic carbocycles. The number of amides is 9. The van der Waals surface area contributed by atoms with Gasteiger partial charge in [-0.3, -0.25) is 62.5 Å². The van der Waals surface area contributed by atoms with Gasteiger partial charge in [-0.15, -0.1) is 0 Å². The average molecular weight is 1470 g/mol. The molecular formula is C77H116FN9O18. The van der Waals surface area contributed by atoms with Crippen LogP contribution >= 0.6 is 0 Å².